The highest BCUT2D eigenvalue weighted by Gasteiger charge is 2.39. The van der Waals surface area contributed by atoms with Gasteiger partial charge in [0.05, 0.1) is 31.2 Å². The van der Waals surface area contributed by atoms with Gasteiger partial charge in [0, 0.05) is 61.0 Å². The van der Waals surface area contributed by atoms with Crippen molar-refractivity contribution >= 4 is 11.6 Å². The van der Waals surface area contributed by atoms with Crippen LogP contribution in [0.4, 0.5) is 10.1 Å². The van der Waals surface area contributed by atoms with Crippen LogP contribution in [-0.4, -0.2) is 63.8 Å². The summed E-state index contributed by atoms with van der Waals surface area (Å²) < 4.78 is 15.1. The van der Waals surface area contributed by atoms with Crippen LogP contribution in [0.5, 0.6) is 0 Å². The van der Waals surface area contributed by atoms with Crippen LogP contribution in [0.3, 0.4) is 0 Å². The molecule has 2 aliphatic heterocycles. The van der Waals surface area contributed by atoms with E-state index in [0.29, 0.717) is 19.6 Å². The van der Waals surface area contributed by atoms with Gasteiger partial charge in [-0.15, -0.1) is 0 Å². The molecule has 1 saturated heterocycles. The molecular formula is C27H33FN6O. The summed E-state index contributed by atoms with van der Waals surface area (Å²) in [5.74, 6) is -0.264. The van der Waals surface area contributed by atoms with E-state index in [1.54, 1.807) is 4.68 Å². The first-order chi connectivity index (χ1) is 16.8. The smallest absolute Gasteiger partial charge is 0.241 e. The van der Waals surface area contributed by atoms with E-state index in [1.807, 2.05) is 29.3 Å². The Labute approximate surface area is 206 Å². The first-order valence-corrected chi connectivity index (χ1v) is 12.3. The Kier molecular flexibility index (Phi) is 6.42. The van der Waals surface area contributed by atoms with Crippen molar-refractivity contribution in [3.8, 4) is 0 Å². The lowest BCUT2D eigenvalue weighted by Crippen LogP contribution is -2.59. The van der Waals surface area contributed by atoms with Crippen molar-refractivity contribution < 1.29 is 9.18 Å². The predicted octanol–water partition coefficient (Wildman–Crippen LogP) is 2.99. The second-order valence-electron chi connectivity index (χ2n) is 10.5. The molecule has 0 aliphatic carbocycles. The van der Waals surface area contributed by atoms with E-state index < -0.39 is 0 Å². The SMILES string of the molecule is C[C@@H]1CN(CC(=O)N2CC(C)(C)c3cnc(Cc4ccccc4)cc32)[C@@H](Cn2cc(F)cn2)CN1. The maximum atomic E-state index is 13.7. The van der Waals surface area contributed by atoms with Crippen molar-refractivity contribution in [2.75, 3.05) is 31.1 Å². The van der Waals surface area contributed by atoms with Crippen LogP contribution in [0.1, 0.15) is 37.6 Å². The highest BCUT2D eigenvalue weighted by Crippen LogP contribution is 2.40. The summed E-state index contributed by atoms with van der Waals surface area (Å²) in [5.41, 5.74) is 4.07. The van der Waals surface area contributed by atoms with E-state index in [4.69, 9.17) is 4.98 Å². The average Bonchev–Trinajstić information content (AvgIpc) is 3.35. The van der Waals surface area contributed by atoms with Crippen LogP contribution in [-0.2, 0) is 23.2 Å². The Bertz CT molecular complexity index is 1190. The molecule has 0 radical (unpaired) electrons. The summed E-state index contributed by atoms with van der Waals surface area (Å²) in [7, 11) is 0. The van der Waals surface area contributed by atoms with Crippen molar-refractivity contribution in [1.29, 1.82) is 0 Å². The summed E-state index contributed by atoms with van der Waals surface area (Å²) in [6, 6.07) is 12.7. The molecule has 1 aromatic carbocycles. The lowest BCUT2D eigenvalue weighted by atomic mass is 9.88. The Balaban J connectivity index is 1.35. The minimum atomic E-state index is -0.347. The van der Waals surface area contributed by atoms with E-state index in [0.717, 1.165) is 36.5 Å². The molecule has 184 valence electrons. The van der Waals surface area contributed by atoms with Crippen molar-refractivity contribution in [1.82, 2.24) is 25.0 Å². The molecular weight excluding hydrogens is 443 g/mol. The molecule has 1 N–H and O–H groups in total. The molecule has 7 nitrogen and oxygen atoms in total. The molecule has 1 fully saturated rings. The number of pyridine rings is 1. The van der Waals surface area contributed by atoms with E-state index >= 15 is 0 Å². The first kappa shape index (κ1) is 23.6. The van der Waals surface area contributed by atoms with Crippen molar-refractivity contribution in [2.45, 2.75) is 51.2 Å². The Hall–Kier alpha value is -3.10. The number of hydrogen-bond acceptors (Lipinski definition) is 5. The highest BCUT2D eigenvalue weighted by atomic mass is 19.1. The third-order valence-corrected chi connectivity index (χ3v) is 7.11. The van der Waals surface area contributed by atoms with Gasteiger partial charge >= 0.3 is 0 Å². The van der Waals surface area contributed by atoms with Gasteiger partial charge < -0.3 is 10.2 Å². The Morgan fingerprint density at radius 1 is 1.23 bits per heavy atom. The third kappa shape index (κ3) is 5.13. The van der Waals surface area contributed by atoms with Gasteiger partial charge in [0.15, 0.2) is 5.82 Å². The molecule has 5 rings (SSSR count). The zero-order valence-electron chi connectivity index (χ0n) is 20.6. The monoisotopic (exact) mass is 476 g/mol. The number of rotatable bonds is 6. The van der Waals surface area contributed by atoms with E-state index in [1.165, 1.54) is 18.0 Å². The van der Waals surface area contributed by atoms with Crippen molar-refractivity contribution in [2.24, 2.45) is 0 Å². The van der Waals surface area contributed by atoms with Gasteiger partial charge in [-0.2, -0.15) is 5.10 Å². The molecule has 1 amide bonds. The zero-order chi connectivity index (χ0) is 24.6. The maximum Gasteiger partial charge on any atom is 0.241 e. The molecule has 0 saturated carbocycles. The lowest BCUT2D eigenvalue weighted by molar-refractivity contribution is -0.120. The summed E-state index contributed by atoms with van der Waals surface area (Å²) in [4.78, 5) is 22.6. The summed E-state index contributed by atoms with van der Waals surface area (Å²) in [6.45, 7) is 9.41. The van der Waals surface area contributed by atoms with Gasteiger partial charge in [-0.25, -0.2) is 4.39 Å². The van der Waals surface area contributed by atoms with Gasteiger partial charge in [-0.1, -0.05) is 44.2 Å². The van der Waals surface area contributed by atoms with Gasteiger partial charge in [-0.05, 0) is 18.6 Å². The quantitative estimate of drug-likeness (QED) is 0.593. The lowest BCUT2D eigenvalue weighted by Gasteiger charge is -2.39. The largest absolute Gasteiger partial charge is 0.311 e. The molecule has 4 heterocycles. The standard InChI is InChI=1S/C27H33FN6O/c1-19-14-32(23(12-29-19)16-33-15-21(28)11-31-33)17-26(35)34-18-27(2,3)24-13-30-22(10-25(24)34)9-20-7-5-4-6-8-20/h4-8,10-11,13,15,19,23,29H,9,12,14,16-18H2,1-3H3/t19-,23-/m1/s1. The third-order valence-electron chi connectivity index (χ3n) is 7.11. The second-order valence-corrected chi connectivity index (χ2v) is 10.5. The number of hydrogen-bond donors (Lipinski definition) is 1. The number of carbonyl (C=O) groups excluding carboxylic acids is 1. The first-order valence-electron chi connectivity index (χ1n) is 12.3. The zero-order valence-corrected chi connectivity index (χ0v) is 20.6. The van der Waals surface area contributed by atoms with Crippen molar-refractivity contribution in [3.05, 3.63) is 77.6 Å². The van der Waals surface area contributed by atoms with Crippen LogP contribution < -0.4 is 10.2 Å². The summed E-state index contributed by atoms with van der Waals surface area (Å²) >= 11 is 0. The minimum Gasteiger partial charge on any atom is -0.311 e. The topological polar surface area (TPSA) is 66.3 Å². The number of nitrogens with one attached hydrogen (secondary N) is 1. The summed E-state index contributed by atoms with van der Waals surface area (Å²) in [6.07, 6.45) is 5.30. The maximum absolute atomic E-state index is 13.7. The second kappa shape index (κ2) is 9.51. The number of halogens is 1. The molecule has 2 aromatic heterocycles. The van der Waals surface area contributed by atoms with E-state index in [2.05, 4.69) is 54.3 Å². The number of anilines is 1. The number of fused-ring (bicyclic) bond motifs is 1. The van der Waals surface area contributed by atoms with Crippen LogP contribution in [0.25, 0.3) is 0 Å². The number of amides is 1. The van der Waals surface area contributed by atoms with E-state index in [9.17, 15) is 9.18 Å². The normalized spacial score (nSPS) is 21.8. The van der Waals surface area contributed by atoms with Gasteiger partial charge in [-0.3, -0.25) is 19.4 Å². The van der Waals surface area contributed by atoms with Crippen LogP contribution >= 0.6 is 0 Å². The van der Waals surface area contributed by atoms with Crippen molar-refractivity contribution in [3.63, 3.8) is 0 Å². The molecule has 35 heavy (non-hydrogen) atoms. The fourth-order valence-corrected chi connectivity index (χ4v) is 5.24. The van der Waals surface area contributed by atoms with Gasteiger partial charge in [0.2, 0.25) is 5.91 Å². The number of carbonyl (C=O) groups is 1. The van der Waals surface area contributed by atoms with Gasteiger partial charge in [0.25, 0.3) is 0 Å². The Morgan fingerprint density at radius 3 is 2.77 bits per heavy atom. The fourth-order valence-electron chi connectivity index (χ4n) is 5.24. The van der Waals surface area contributed by atoms with Crippen LogP contribution in [0.15, 0.2) is 55.0 Å². The number of piperazine rings is 1. The van der Waals surface area contributed by atoms with E-state index in [-0.39, 0.29) is 29.2 Å². The number of nitrogens with zero attached hydrogens (tertiary/aromatic N) is 5. The molecule has 3 aromatic rings. The fraction of sp³-hybridized carbons (Fsp3) is 0.444. The number of aromatic nitrogens is 3. The molecule has 2 atom stereocenters. The predicted molar refractivity (Wildman–Crippen MR) is 134 cm³/mol. The molecule has 0 bridgehead atoms. The minimum absolute atomic E-state index is 0.0515. The molecule has 2 aliphatic rings. The van der Waals surface area contributed by atoms with Crippen LogP contribution in [0.2, 0.25) is 0 Å². The molecule has 8 heteroatoms. The van der Waals surface area contributed by atoms with Gasteiger partial charge in [0.1, 0.15) is 0 Å². The molecule has 0 unspecified atom stereocenters. The highest BCUT2D eigenvalue weighted by molar-refractivity contribution is 5.97. The average molecular weight is 477 g/mol. The summed E-state index contributed by atoms with van der Waals surface area (Å²) in [5, 5.41) is 7.58. The number of benzene rings is 1. The molecule has 0 spiro atoms. The van der Waals surface area contributed by atoms with Crippen LogP contribution in [0, 0.1) is 5.82 Å². The Morgan fingerprint density at radius 2 is 2.03 bits per heavy atom.